The largest absolute Gasteiger partial charge is 0.469 e. The highest BCUT2D eigenvalue weighted by molar-refractivity contribution is 7.89. The van der Waals surface area contributed by atoms with Crippen molar-refractivity contribution >= 4 is 16.0 Å². The molecule has 6 nitrogen and oxygen atoms in total. The van der Waals surface area contributed by atoms with Crippen LogP contribution in [0.3, 0.4) is 0 Å². The first-order valence-corrected chi connectivity index (χ1v) is 7.67. The average molecular weight is 279 g/mol. The van der Waals surface area contributed by atoms with E-state index in [4.69, 9.17) is 4.74 Å². The number of nitrogens with zero attached hydrogens (tertiary/aromatic N) is 1. The molecular weight excluding hydrogens is 258 g/mol. The molecular formula is C11H21NO5S. The van der Waals surface area contributed by atoms with Gasteiger partial charge in [0.25, 0.3) is 0 Å². The molecule has 0 bridgehead atoms. The van der Waals surface area contributed by atoms with E-state index in [0.717, 1.165) is 12.8 Å². The zero-order valence-corrected chi connectivity index (χ0v) is 11.7. The molecule has 0 spiro atoms. The van der Waals surface area contributed by atoms with E-state index in [1.54, 1.807) is 7.11 Å². The van der Waals surface area contributed by atoms with Gasteiger partial charge in [-0.2, -0.15) is 4.31 Å². The van der Waals surface area contributed by atoms with Crippen molar-refractivity contribution < 1.29 is 22.7 Å². The van der Waals surface area contributed by atoms with Crippen molar-refractivity contribution in [3.8, 4) is 0 Å². The summed E-state index contributed by atoms with van der Waals surface area (Å²) in [6, 6.07) is 0.128. The molecule has 1 saturated carbocycles. The van der Waals surface area contributed by atoms with Crippen LogP contribution in [-0.4, -0.2) is 57.9 Å². The van der Waals surface area contributed by atoms with Crippen molar-refractivity contribution in [2.45, 2.75) is 31.7 Å². The third-order valence-electron chi connectivity index (χ3n) is 2.84. The number of hydrogen-bond acceptors (Lipinski definition) is 5. The molecule has 0 atom stereocenters. The van der Waals surface area contributed by atoms with Gasteiger partial charge in [0.1, 0.15) is 0 Å². The summed E-state index contributed by atoms with van der Waals surface area (Å²) in [7, 11) is -0.442. The van der Waals surface area contributed by atoms with Crippen LogP contribution in [0.25, 0.3) is 0 Å². The molecule has 0 N–H and O–H groups in total. The van der Waals surface area contributed by atoms with Gasteiger partial charge in [-0.05, 0) is 19.3 Å². The Bertz CT molecular complexity index is 364. The van der Waals surface area contributed by atoms with Crippen LogP contribution in [-0.2, 0) is 24.3 Å². The predicted molar refractivity (Wildman–Crippen MR) is 66.6 cm³/mol. The van der Waals surface area contributed by atoms with Crippen LogP contribution in [0.15, 0.2) is 0 Å². The van der Waals surface area contributed by atoms with Crippen molar-refractivity contribution in [2.24, 2.45) is 0 Å². The highest BCUT2D eigenvalue weighted by atomic mass is 32.2. The fraction of sp³-hybridized carbons (Fsp3) is 0.909. The molecule has 0 radical (unpaired) electrons. The Labute approximate surface area is 108 Å². The molecule has 1 aliphatic carbocycles. The molecule has 1 aliphatic rings. The maximum atomic E-state index is 12.1. The molecule has 0 aromatic heterocycles. The lowest BCUT2D eigenvalue weighted by atomic mass is 10.3. The fourth-order valence-corrected chi connectivity index (χ4v) is 3.47. The van der Waals surface area contributed by atoms with E-state index in [-0.39, 0.29) is 24.2 Å². The second-order valence-electron chi connectivity index (χ2n) is 4.33. The maximum absolute atomic E-state index is 12.1. The minimum atomic E-state index is -3.29. The van der Waals surface area contributed by atoms with Crippen LogP contribution in [0.1, 0.15) is 25.7 Å². The fourth-order valence-electron chi connectivity index (χ4n) is 1.71. The second kappa shape index (κ2) is 7.06. The van der Waals surface area contributed by atoms with Crippen molar-refractivity contribution in [3.63, 3.8) is 0 Å². The van der Waals surface area contributed by atoms with Gasteiger partial charge in [-0.3, -0.25) is 4.79 Å². The summed E-state index contributed by atoms with van der Waals surface area (Å²) in [5.41, 5.74) is 0. The van der Waals surface area contributed by atoms with E-state index in [9.17, 15) is 13.2 Å². The number of methoxy groups -OCH3 is 2. The SMILES string of the molecule is COCCN(C1CC1)S(=O)(=O)CCCC(=O)OC. The van der Waals surface area contributed by atoms with Gasteiger partial charge in [0.15, 0.2) is 0 Å². The molecule has 1 rings (SSSR count). The summed E-state index contributed by atoms with van der Waals surface area (Å²) in [5.74, 6) is -0.387. The molecule has 0 heterocycles. The lowest BCUT2D eigenvalue weighted by Crippen LogP contribution is -2.37. The number of ether oxygens (including phenoxy) is 2. The first-order chi connectivity index (χ1) is 8.51. The number of esters is 1. The molecule has 1 fully saturated rings. The second-order valence-corrected chi connectivity index (χ2v) is 6.37. The van der Waals surface area contributed by atoms with Gasteiger partial charge in [-0.1, -0.05) is 0 Å². The molecule has 0 aromatic carbocycles. The number of carbonyl (C=O) groups excluding carboxylic acids is 1. The molecule has 0 aromatic rings. The third kappa shape index (κ3) is 4.91. The number of carbonyl (C=O) groups is 1. The van der Waals surface area contributed by atoms with E-state index in [2.05, 4.69) is 4.74 Å². The topological polar surface area (TPSA) is 72.9 Å². The standard InChI is InChI=1S/C11H21NO5S/c1-16-8-7-12(10-5-6-10)18(14,15)9-3-4-11(13)17-2/h10H,3-9H2,1-2H3. The molecule has 0 aliphatic heterocycles. The average Bonchev–Trinajstić information content (AvgIpc) is 3.13. The van der Waals surface area contributed by atoms with E-state index in [0.29, 0.717) is 19.6 Å². The summed E-state index contributed by atoms with van der Waals surface area (Å²) in [6.45, 7) is 0.786. The van der Waals surface area contributed by atoms with Gasteiger partial charge < -0.3 is 9.47 Å². The zero-order chi connectivity index (χ0) is 13.6. The summed E-state index contributed by atoms with van der Waals surface area (Å²) >= 11 is 0. The van der Waals surface area contributed by atoms with E-state index in [1.807, 2.05) is 0 Å². The number of hydrogen-bond donors (Lipinski definition) is 0. The molecule has 0 amide bonds. The van der Waals surface area contributed by atoms with Crippen molar-refractivity contribution in [1.82, 2.24) is 4.31 Å². The van der Waals surface area contributed by atoms with Gasteiger partial charge in [0.05, 0.1) is 19.5 Å². The lowest BCUT2D eigenvalue weighted by molar-refractivity contribution is -0.140. The Kier molecular flexibility index (Phi) is 6.04. The van der Waals surface area contributed by atoms with E-state index in [1.165, 1.54) is 11.4 Å². The first-order valence-electron chi connectivity index (χ1n) is 6.06. The van der Waals surface area contributed by atoms with Gasteiger partial charge >= 0.3 is 5.97 Å². The maximum Gasteiger partial charge on any atom is 0.305 e. The molecule has 0 unspecified atom stereocenters. The summed E-state index contributed by atoms with van der Waals surface area (Å²) < 4.78 is 35.1. The molecule has 7 heteroatoms. The number of rotatable bonds is 9. The Morgan fingerprint density at radius 3 is 2.50 bits per heavy atom. The van der Waals surface area contributed by atoms with Crippen LogP contribution in [0.4, 0.5) is 0 Å². The predicted octanol–water partition coefficient (Wildman–Crippen LogP) is 0.380. The van der Waals surface area contributed by atoms with Gasteiger partial charge in [-0.15, -0.1) is 0 Å². The van der Waals surface area contributed by atoms with E-state index < -0.39 is 10.0 Å². The van der Waals surface area contributed by atoms with Crippen LogP contribution in [0, 0.1) is 0 Å². The monoisotopic (exact) mass is 279 g/mol. The van der Waals surface area contributed by atoms with Crippen molar-refractivity contribution in [2.75, 3.05) is 33.1 Å². The smallest absolute Gasteiger partial charge is 0.305 e. The van der Waals surface area contributed by atoms with Crippen LogP contribution in [0.5, 0.6) is 0 Å². The van der Waals surface area contributed by atoms with Crippen LogP contribution < -0.4 is 0 Å². The lowest BCUT2D eigenvalue weighted by Gasteiger charge is -2.21. The summed E-state index contributed by atoms with van der Waals surface area (Å²) in [6.07, 6.45) is 2.27. The molecule has 106 valence electrons. The first kappa shape index (κ1) is 15.4. The highest BCUT2D eigenvalue weighted by Crippen LogP contribution is 2.29. The van der Waals surface area contributed by atoms with Crippen LogP contribution in [0.2, 0.25) is 0 Å². The minimum Gasteiger partial charge on any atom is -0.469 e. The van der Waals surface area contributed by atoms with Crippen molar-refractivity contribution in [1.29, 1.82) is 0 Å². The van der Waals surface area contributed by atoms with Gasteiger partial charge in [-0.25, -0.2) is 8.42 Å². The third-order valence-corrected chi connectivity index (χ3v) is 4.84. The van der Waals surface area contributed by atoms with E-state index >= 15 is 0 Å². The Morgan fingerprint density at radius 2 is 2.00 bits per heavy atom. The Balaban J connectivity index is 2.45. The van der Waals surface area contributed by atoms with Gasteiger partial charge in [0, 0.05) is 26.1 Å². The van der Waals surface area contributed by atoms with Crippen molar-refractivity contribution in [3.05, 3.63) is 0 Å². The molecule has 0 saturated heterocycles. The summed E-state index contributed by atoms with van der Waals surface area (Å²) in [4.78, 5) is 10.9. The zero-order valence-electron chi connectivity index (χ0n) is 10.9. The molecule has 18 heavy (non-hydrogen) atoms. The van der Waals surface area contributed by atoms with Crippen LogP contribution >= 0.6 is 0 Å². The normalized spacial score (nSPS) is 15.9. The Hall–Kier alpha value is -0.660. The number of sulfonamides is 1. The highest BCUT2D eigenvalue weighted by Gasteiger charge is 2.36. The summed E-state index contributed by atoms with van der Waals surface area (Å²) in [5, 5.41) is 0. The quantitative estimate of drug-likeness (QED) is 0.571. The van der Waals surface area contributed by atoms with Gasteiger partial charge in [0.2, 0.25) is 10.0 Å². The minimum absolute atomic E-state index is 0.0116. The Morgan fingerprint density at radius 1 is 1.33 bits per heavy atom.